The van der Waals surface area contributed by atoms with E-state index in [1.807, 2.05) is 6.92 Å². The van der Waals surface area contributed by atoms with Gasteiger partial charge in [0.2, 0.25) is 15.9 Å². The average Bonchev–Trinajstić information content (AvgIpc) is 2.62. The summed E-state index contributed by atoms with van der Waals surface area (Å²) in [5.74, 6) is 0.739. The van der Waals surface area contributed by atoms with Crippen LogP contribution in [0.5, 0.6) is 5.75 Å². The van der Waals surface area contributed by atoms with Crippen LogP contribution in [0.1, 0.15) is 6.92 Å². The highest BCUT2D eigenvalue weighted by molar-refractivity contribution is 7.99. The fourth-order valence-electron chi connectivity index (χ4n) is 1.95. The number of hydrogen-bond donors (Lipinski definition) is 1. The molecule has 0 spiro atoms. The summed E-state index contributed by atoms with van der Waals surface area (Å²) in [6, 6.07) is 10.2. The van der Waals surface area contributed by atoms with Gasteiger partial charge in [0.25, 0.3) is 0 Å². The Hall–Kier alpha value is -2.10. The number of amides is 1. The van der Waals surface area contributed by atoms with Crippen molar-refractivity contribution in [2.24, 2.45) is 0 Å². The number of carbonyl (C=O) groups excluding carboxylic acids is 1. The maximum Gasteiger partial charge on any atom is 0.244 e. The van der Waals surface area contributed by atoms with Crippen molar-refractivity contribution >= 4 is 33.4 Å². The van der Waals surface area contributed by atoms with Gasteiger partial charge in [-0.15, -0.1) is 0 Å². The van der Waals surface area contributed by atoms with Crippen LogP contribution in [0.3, 0.4) is 0 Å². The van der Waals surface area contributed by atoms with Crippen molar-refractivity contribution in [3.05, 3.63) is 42.6 Å². The standard InChI is InChI=1S/C17H21N3O4S2/c1-4-24-14-7-5-13(6-8-14)19-16(21)12-25-17-10-9-15(11-18-17)26(22,23)20(2)3/h5-11H,4,12H2,1-3H3,(H,19,21). The Morgan fingerprint density at radius 2 is 1.88 bits per heavy atom. The third-order valence-corrected chi connectivity index (χ3v) is 6.03. The van der Waals surface area contributed by atoms with E-state index in [1.165, 1.54) is 38.1 Å². The summed E-state index contributed by atoms with van der Waals surface area (Å²) in [5, 5.41) is 3.36. The second kappa shape index (κ2) is 9.02. The van der Waals surface area contributed by atoms with E-state index < -0.39 is 10.0 Å². The summed E-state index contributed by atoms with van der Waals surface area (Å²) in [4.78, 5) is 16.2. The van der Waals surface area contributed by atoms with E-state index in [9.17, 15) is 13.2 Å². The number of aromatic nitrogens is 1. The molecule has 0 radical (unpaired) electrons. The summed E-state index contributed by atoms with van der Waals surface area (Å²) in [5.41, 5.74) is 0.680. The molecule has 26 heavy (non-hydrogen) atoms. The van der Waals surface area contributed by atoms with E-state index in [1.54, 1.807) is 30.3 Å². The normalized spacial score (nSPS) is 11.4. The largest absolute Gasteiger partial charge is 0.494 e. The first-order valence-electron chi connectivity index (χ1n) is 7.87. The number of ether oxygens (including phenoxy) is 1. The van der Waals surface area contributed by atoms with Crippen LogP contribution >= 0.6 is 11.8 Å². The number of nitrogens with zero attached hydrogens (tertiary/aromatic N) is 2. The lowest BCUT2D eigenvalue weighted by Gasteiger charge is -2.11. The zero-order valence-corrected chi connectivity index (χ0v) is 16.4. The molecule has 1 aromatic carbocycles. The highest BCUT2D eigenvalue weighted by Crippen LogP contribution is 2.20. The van der Waals surface area contributed by atoms with Crippen LogP contribution < -0.4 is 10.1 Å². The van der Waals surface area contributed by atoms with Crippen LogP contribution in [0.25, 0.3) is 0 Å². The number of carbonyl (C=O) groups is 1. The smallest absolute Gasteiger partial charge is 0.244 e. The molecule has 2 rings (SSSR count). The Bertz CT molecular complexity index is 835. The topological polar surface area (TPSA) is 88.6 Å². The van der Waals surface area contributed by atoms with Gasteiger partial charge in [-0.3, -0.25) is 4.79 Å². The van der Waals surface area contributed by atoms with Gasteiger partial charge in [-0.2, -0.15) is 0 Å². The first kappa shape index (κ1) is 20.2. The minimum absolute atomic E-state index is 0.116. The van der Waals surface area contributed by atoms with Gasteiger partial charge >= 0.3 is 0 Å². The lowest BCUT2D eigenvalue weighted by molar-refractivity contribution is -0.113. The van der Waals surface area contributed by atoms with Gasteiger partial charge in [-0.1, -0.05) is 11.8 Å². The lowest BCUT2D eigenvalue weighted by Crippen LogP contribution is -2.22. The van der Waals surface area contributed by atoms with Gasteiger partial charge in [0.15, 0.2) is 0 Å². The molecule has 0 unspecified atom stereocenters. The highest BCUT2D eigenvalue weighted by atomic mass is 32.2. The third kappa shape index (κ3) is 5.45. The zero-order chi connectivity index (χ0) is 19.2. The Balaban J connectivity index is 1.89. The van der Waals surface area contributed by atoms with Gasteiger partial charge in [-0.05, 0) is 43.3 Å². The molecule has 7 nitrogen and oxygen atoms in total. The third-order valence-electron chi connectivity index (χ3n) is 3.29. The maximum absolute atomic E-state index is 12.0. The van der Waals surface area contributed by atoms with Crippen molar-refractivity contribution in [3.63, 3.8) is 0 Å². The van der Waals surface area contributed by atoms with Crippen LogP contribution in [0.4, 0.5) is 5.69 Å². The molecule has 140 valence electrons. The van der Waals surface area contributed by atoms with Crippen molar-refractivity contribution in [3.8, 4) is 5.75 Å². The number of sulfonamides is 1. The molecule has 2 aromatic rings. The molecule has 1 heterocycles. The first-order valence-corrected chi connectivity index (χ1v) is 10.3. The fraction of sp³-hybridized carbons (Fsp3) is 0.294. The molecule has 1 aromatic heterocycles. The van der Waals surface area contributed by atoms with Crippen molar-refractivity contribution in [1.82, 2.24) is 9.29 Å². The number of thioether (sulfide) groups is 1. The van der Waals surface area contributed by atoms with Gasteiger partial charge < -0.3 is 10.1 Å². The molecular formula is C17H21N3O4S2. The van der Waals surface area contributed by atoms with E-state index in [4.69, 9.17) is 4.74 Å². The van der Waals surface area contributed by atoms with Gasteiger partial charge in [0, 0.05) is 26.0 Å². The molecule has 1 N–H and O–H groups in total. The Labute approximate surface area is 157 Å². The number of anilines is 1. The number of hydrogen-bond acceptors (Lipinski definition) is 6. The van der Waals surface area contributed by atoms with Crippen LogP contribution in [0, 0.1) is 0 Å². The van der Waals surface area contributed by atoms with Crippen LogP contribution in [0.15, 0.2) is 52.5 Å². The van der Waals surface area contributed by atoms with Gasteiger partial charge in [0.05, 0.1) is 17.4 Å². The number of rotatable bonds is 8. The Morgan fingerprint density at radius 1 is 1.19 bits per heavy atom. The summed E-state index contributed by atoms with van der Waals surface area (Å²) in [6.07, 6.45) is 1.29. The minimum atomic E-state index is -3.50. The lowest BCUT2D eigenvalue weighted by atomic mass is 10.3. The number of pyridine rings is 1. The van der Waals surface area contributed by atoms with E-state index in [-0.39, 0.29) is 16.6 Å². The average molecular weight is 396 g/mol. The monoisotopic (exact) mass is 395 g/mol. The summed E-state index contributed by atoms with van der Waals surface area (Å²) in [6.45, 7) is 2.49. The predicted molar refractivity (Wildman–Crippen MR) is 102 cm³/mol. The molecule has 9 heteroatoms. The van der Waals surface area contributed by atoms with Crippen LogP contribution in [-0.2, 0) is 14.8 Å². The van der Waals surface area contributed by atoms with Gasteiger partial charge in [-0.25, -0.2) is 17.7 Å². The molecule has 0 saturated carbocycles. The fourth-order valence-corrected chi connectivity index (χ4v) is 3.44. The van der Waals surface area contributed by atoms with E-state index >= 15 is 0 Å². The van der Waals surface area contributed by atoms with Gasteiger partial charge in [0.1, 0.15) is 10.6 Å². The Kier molecular flexibility index (Phi) is 7.01. The molecule has 1 amide bonds. The Morgan fingerprint density at radius 3 is 2.42 bits per heavy atom. The van der Waals surface area contributed by atoms with E-state index in [2.05, 4.69) is 10.3 Å². The first-order chi connectivity index (χ1) is 12.3. The summed E-state index contributed by atoms with van der Waals surface area (Å²) >= 11 is 1.23. The van der Waals surface area contributed by atoms with E-state index in [0.29, 0.717) is 17.3 Å². The van der Waals surface area contributed by atoms with E-state index in [0.717, 1.165) is 10.1 Å². The maximum atomic E-state index is 12.0. The quantitative estimate of drug-likeness (QED) is 0.691. The molecule has 0 aliphatic heterocycles. The summed E-state index contributed by atoms with van der Waals surface area (Å²) < 4.78 is 30.4. The molecule has 0 aliphatic carbocycles. The zero-order valence-electron chi connectivity index (χ0n) is 14.8. The molecule has 0 atom stereocenters. The molecular weight excluding hydrogens is 374 g/mol. The predicted octanol–water partition coefficient (Wildman–Crippen LogP) is 2.46. The second-order valence-electron chi connectivity index (χ2n) is 5.41. The van der Waals surface area contributed by atoms with Crippen LogP contribution in [0.2, 0.25) is 0 Å². The second-order valence-corrected chi connectivity index (χ2v) is 8.56. The molecule has 0 aliphatic rings. The minimum Gasteiger partial charge on any atom is -0.494 e. The molecule has 0 fully saturated rings. The molecule has 0 saturated heterocycles. The van der Waals surface area contributed by atoms with Crippen molar-refractivity contribution < 1.29 is 17.9 Å². The van der Waals surface area contributed by atoms with Crippen LogP contribution in [-0.4, -0.2) is 50.1 Å². The SMILES string of the molecule is CCOc1ccc(NC(=O)CSc2ccc(S(=O)(=O)N(C)C)cn2)cc1. The van der Waals surface area contributed by atoms with Crippen molar-refractivity contribution in [2.75, 3.05) is 31.8 Å². The molecule has 0 bridgehead atoms. The van der Waals surface area contributed by atoms with Crippen molar-refractivity contribution in [2.45, 2.75) is 16.8 Å². The number of benzene rings is 1. The number of nitrogens with one attached hydrogen (secondary N) is 1. The highest BCUT2D eigenvalue weighted by Gasteiger charge is 2.17. The van der Waals surface area contributed by atoms with Crippen molar-refractivity contribution in [1.29, 1.82) is 0 Å². The summed E-state index contributed by atoms with van der Waals surface area (Å²) in [7, 11) is -0.578.